The van der Waals surface area contributed by atoms with Gasteiger partial charge in [0.05, 0.1) is 31.0 Å². The summed E-state index contributed by atoms with van der Waals surface area (Å²) in [4.78, 5) is 16.0. The Kier molecular flexibility index (Phi) is 7.76. The first kappa shape index (κ1) is 32.5. The van der Waals surface area contributed by atoms with E-state index in [1.165, 1.54) is 18.2 Å². The lowest BCUT2D eigenvalue weighted by molar-refractivity contribution is -0.137. The van der Waals surface area contributed by atoms with Gasteiger partial charge >= 0.3 is 6.18 Å². The maximum Gasteiger partial charge on any atom is 0.416 e. The Hall–Kier alpha value is -4.74. The van der Waals surface area contributed by atoms with Crippen molar-refractivity contribution in [3.05, 3.63) is 135 Å². The van der Waals surface area contributed by atoms with Crippen LogP contribution in [0.25, 0.3) is 11.1 Å². The first-order valence-corrected chi connectivity index (χ1v) is 16.6. The molecule has 0 radical (unpaired) electrons. The fourth-order valence-electron chi connectivity index (χ4n) is 7.16. The molecule has 50 heavy (non-hydrogen) atoms. The molecule has 256 valence electrons. The number of amides is 1. The number of methoxy groups -OCH3 is 1. The number of rotatable bonds is 8. The van der Waals surface area contributed by atoms with Crippen LogP contribution in [-0.4, -0.2) is 27.7 Å². The first-order chi connectivity index (χ1) is 23.9. The fourth-order valence-corrected chi connectivity index (χ4v) is 7.38. The van der Waals surface area contributed by atoms with Gasteiger partial charge in [-0.15, -0.1) is 0 Å². The zero-order valence-corrected chi connectivity index (χ0v) is 27.5. The van der Waals surface area contributed by atoms with Crippen LogP contribution in [0.1, 0.15) is 75.9 Å². The molecule has 3 aliphatic rings. The van der Waals surface area contributed by atoms with Crippen molar-refractivity contribution in [3.8, 4) is 16.9 Å². The molecule has 1 spiro atoms. The summed E-state index contributed by atoms with van der Waals surface area (Å²) in [6.07, 6.45) is 2.41. The largest absolute Gasteiger partial charge is 0.497 e. The van der Waals surface area contributed by atoms with Crippen LogP contribution in [0.15, 0.2) is 85.2 Å². The average molecular weight is 705 g/mol. The van der Waals surface area contributed by atoms with E-state index in [1.54, 1.807) is 19.4 Å². The van der Waals surface area contributed by atoms with Crippen LogP contribution in [-0.2, 0) is 18.3 Å². The molecule has 0 saturated heterocycles. The second-order valence-electron chi connectivity index (χ2n) is 13.2. The van der Waals surface area contributed by atoms with Gasteiger partial charge in [0.15, 0.2) is 0 Å². The molecule has 4 aromatic carbocycles. The van der Waals surface area contributed by atoms with Gasteiger partial charge in [-0.05, 0) is 109 Å². The highest BCUT2D eigenvalue weighted by atomic mass is 35.5. The van der Waals surface area contributed by atoms with Gasteiger partial charge in [-0.1, -0.05) is 23.7 Å². The Morgan fingerprint density at radius 1 is 0.980 bits per heavy atom. The predicted octanol–water partition coefficient (Wildman–Crippen LogP) is 9.69. The topological polar surface area (TPSA) is 59.4 Å². The van der Waals surface area contributed by atoms with Crippen molar-refractivity contribution in [1.82, 2.24) is 14.7 Å². The third-order valence-corrected chi connectivity index (χ3v) is 10.2. The van der Waals surface area contributed by atoms with Crippen LogP contribution in [0.4, 0.5) is 27.6 Å². The van der Waals surface area contributed by atoms with Gasteiger partial charge < -0.3 is 10.1 Å². The number of hydrogen-bond acceptors (Lipinski definition) is 4. The molecular formula is C38H30ClF5N4O2. The molecule has 1 N–H and O–H groups in total. The molecule has 2 fully saturated rings. The summed E-state index contributed by atoms with van der Waals surface area (Å²) in [5.74, 6) is -1.92. The lowest BCUT2D eigenvalue weighted by Gasteiger charge is -2.32. The van der Waals surface area contributed by atoms with Crippen LogP contribution in [0.5, 0.6) is 5.75 Å². The van der Waals surface area contributed by atoms with Crippen molar-refractivity contribution in [2.24, 2.45) is 0 Å². The van der Waals surface area contributed by atoms with E-state index in [-0.39, 0.29) is 0 Å². The molecule has 5 aromatic rings. The molecule has 6 nitrogen and oxygen atoms in total. The van der Waals surface area contributed by atoms with Crippen molar-refractivity contribution in [1.29, 1.82) is 0 Å². The van der Waals surface area contributed by atoms with Gasteiger partial charge in [0, 0.05) is 45.7 Å². The van der Waals surface area contributed by atoms with E-state index in [1.807, 2.05) is 35.1 Å². The van der Waals surface area contributed by atoms with Crippen molar-refractivity contribution in [3.63, 3.8) is 0 Å². The number of hydrogen-bond donors (Lipinski definition) is 1. The number of anilines is 1. The number of carbonyl (C=O) groups is 1. The van der Waals surface area contributed by atoms with E-state index in [2.05, 4.69) is 21.4 Å². The highest BCUT2D eigenvalue weighted by molar-refractivity contribution is 6.31. The maximum absolute atomic E-state index is 15.0. The van der Waals surface area contributed by atoms with Crippen LogP contribution in [0.2, 0.25) is 5.02 Å². The van der Waals surface area contributed by atoms with Crippen LogP contribution < -0.4 is 10.1 Å². The number of alkyl halides is 3. The number of aromatic nitrogens is 2. The number of carbonyl (C=O) groups excluding carboxylic acids is 1. The molecule has 2 saturated carbocycles. The van der Waals surface area contributed by atoms with Gasteiger partial charge in [0.1, 0.15) is 17.4 Å². The minimum Gasteiger partial charge on any atom is -0.497 e. The van der Waals surface area contributed by atoms with Gasteiger partial charge in [0.2, 0.25) is 0 Å². The van der Waals surface area contributed by atoms with Crippen LogP contribution in [0, 0.1) is 11.6 Å². The molecular weight excluding hydrogens is 675 g/mol. The summed E-state index contributed by atoms with van der Waals surface area (Å²) < 4.78 is 77.6. The van der Waals surface area contributed by atoms with E-state index in [9.17, 15) is 26.7 Å². The molecule has 12 heteroatoms. The lowest BCUT2D eigenvalue weighted by atomic mass is 9.91. The van der Waals surface area contributed by atoms with E-state index >= 15 is 0 Å². The van der Waals surface area contributed by atoms with Crippen molar-refractivity contribution in [2.45, 2.75) is 56.0 Å². The fraction of sp³-hybridized carbons (Fsp3) is 0.263. The Morgan fingerprint density at radius 2 is 1.74 bits per heavy atom. The number of fused-ring (bicyclic) bond motifs is 2. The van der Waals surface area contributed by atoms with Gasteiger partial charge in [-0.2, -0.15) is 18.3 Å². The van der Waals surface area contributed by atoms with E-state index in [4.69, 9.17) is 16.3 Å². The van der Waals surface area contributed by atoms with Crippen molar-refractivity contribution in [2.75, 3.05) is 12.4 Å². The predicted molar refractivity (Wildman–Crippen MR) is 178 cm³/mol. The molecule has 1 aromatic heterocycles. The lowest BCUT2D eigenvalue weighted by Crippen LogP contribution is -2.32. The van der Waals surface area contributed by atoms with Crippen LogP contribution >= 0.6 is 11.6 Å². The summed E-state index contributed by atoms with van der Waals surface area (Å²) in [5, 5.41) is 7.70. The smallest absolute Gasteiger partial charge is 0.416 e. The normalized spacial score (nSPS) is 17.9. The maximum atomic E-state index is 15.0. The second kappa shape index (κ2) is 11.9. The van der Waals surface area contributed by atoms with Gasteiger partial charge in [0.25, 0.3) is 5.91 Å². The summed E-state index contributed by atoms with van der Waals surface area (Å²) in [6.45, 7) is 0.428. The standard InChI is InChI=1S/C38H30ClF5N4O2/c1-50-29-7-2-21(3-8-29)19-47-35(30-17-26(40)4-9-32(30)39)34-31(37(47)10-11-37)14-22(24-18-45-48(20-24)28-5-6-28)15-33(34)46-36(49)23-12-25(38(42,43)44)16-27(41)13-23/h2-4,7-9,12-18,20,28,35H,5-6,10-11,19H2,1H3,(H,46,49). The zero-order valence-electron chi connectivity index (χ0n) is 26.7. The van der Waals surface area contributed by atoms with Gasteiger partial charge in [-0.3, -0.25) is 14.4 Å². The first-order valence-electron chi connectivity index (χ1n) is 16.2. The number of benzene rings is 4. The molecule has 1 aliphatic heterocycles. The number of ether oxygens (including phenoxy) is 1. The quantitative estimate of drug-likeness (QED) is 0.164. The third-order valence-electron chi connectivity index (χ3n) is 9.90. The monoisotopic (exact) mass is 704 g/mol. The van der Waals surface area contributed by atoms with E-state index in [0.717, 1.165) is 54.0 Å². The van der Waals surface area contributed by atoms with Crippen LogP contribution in [0.3, 0.4) is 0 Å². The SMILES string of the molecule is COc1ccc(CN2C(c3cc(F)ccc3Cl)c3c(NC(=O)c4cc(F)cc(C(F)(F)F)c4)cc(-c4cnn(C5CC5)c4)cc3C23CC3)cc1. The molecule has 0 bridgehead atoms. The highest BCUT2D eigenvalue weighted by Crippen LogP contribution is 2.64. The zero-order chi connectivity index (χ0) is 34.9. The average Bonchev–Trinajstić information content (AvgIpc) is 4.02. The Labute approximate surface area is 289 Å². The molecule has 2 heterocycles. The minimum atomic E-state index is -4.86. The summed E-state index contributed by atoms with van der Waals surface area (Å²) in [5.41, 5.74) is 2.51. The van der Waals surface area contributed by atoms with Crippen molar-refractivity contribution < 1.29 is 31.5 Å². The molecule has 1 amide bonds. The molecule has 2 aliphatic carbocycles. The summed E-state index contributed by atoms with van der Waals surface area (Å²) >= 11 is 6.80. The van der Waals surface area contributed by atoms with E-state index in [0.29, 0.717) is 52.3 Å². The second-order valence-corrected chi connectivity index (χ2v) is 13.6. The Balaban J connectivity index is 1.31. The number of halogens is 6. The molecule has 1 atom stereocenters. The highest BCUT2D eigenvalue weighted by Gasteiger charge is 2.59. The Morgan fingerprint density at radius 3 is 2.42 bits per heavy atom. The molecule has 1 unspecified atom stereocenters. The van der Waals surface area contributed by atoms with E-state index < -0.39 is 46.4 Å². The Bertz CT molecular complexity index is 2140. The minimum absolute atomic E-state index is 0.299. The number of nitrogens with zero attached hydrogens (tertiary/aromatic N) is 3. The summed E-state index contributed by atoms with van der Waals surface area (Å²) in [6, 6.07) is 17.0. The van der Waals surface area contributed by atoms with Gasteiger partial charge in [-0.25, -0.2) is 8.78 Å². The summed E-state index contributed by atoms with van der Waals surface area (Å²) in [7, 11) is 1.59. The van der Waals surface area contributed by atoms with Crippen molar-refractivity contribution >= 4 is 23.2 Å². The number of nitrogens with one attached hydrogen (secondary N) is 1. The third kappa shape index (κ3) is 5.82. The molecule has 8 rings (SSSR count).